The molecular weight excluding hydrogens is 200 g/mol. The van der Waals surface area contributed by atoms with Gasteiger partial charge in [0.2, 0.25) is 0 Å². The van der Waals surface area contributed by atoms with Gasteiger partial charge in [0.05, 0.1) is 6.04 Å². The smallest absolute Gasteiger partial charge is 0.149 e. The predicted octanol–water partition coefficient (Wildman–Crippen LogP) is 2.29. The molecule has 4 heteroatoms. The van der Waals surface area contributed by atoms with E-state index in [1.807, 2.05) is 11.6 Å². The van der Waals surface area contributed by atoms with Crippen molar-refractivity contribution in [3.8, 4) is 0 Å². The first-order valence-electron chi connectivity index (χ1n) is 6.10. The SMILES string of the molecule is CC(C)CCC(C)NC(C)c1nncn1C. The molecule has 0 aliphatic heterocycles. The summed E-state index contributed by atoms with van der Waals surface area (Å²) in [7, 11) is 1.98. The summed E-state index contributed by atoms with van der Waals surface area (Å²) in [6.45, 7) is 8.89. The van der Waals surface area contributed by atoms with E-state index in [1.54, 1.807) is 6.33 Å². The van der Waals surface area contributed by atoms with Gasteiger partial charge in [-0.05, 0) is 32.6 Å². The molecule has 1 heterocycles. The fraction of sp³-hybridized carbons (Fsp3) is 0.833. The number of aromatic nitrogens is 3. The maximum absolute atomic E-state index is 4.11. The second kappa shape index (κ2) is 5.99. The molecule has 0 saturated heterocycles. The minimum atomic E-state index is 0.259. The molecule has 1 aromatic heterocycles. The number of rotatable bonds is 6. The molecule has 0 radical (unpaired) electrons. The van der Waals surface area contributed by atoms with Gasteiger partial charge in [-0.15, -0.1) is 10.2 Å². The lowest BCUT2D eigenvalue weighted by Gasteiger charge is -2.20. The van der Waals surface area contributed by atoms with E-state index in [1.165, 1.54) is 12.8 Å². The Labute approximate surface area is 98.5 Å². The van der Waals surface area contributed by atoms with Crippen LogP contribution in [-0.2, 0) is 7.05 Å². The van der Waals surface area contributed by atoms with Crippen LogP contribution in [0.1, 0.15) is 52.4 Å². The lowest BCUT2D eigenvalue weighted by atomic mass is 10.0. The lowest BCUT2D eigenvalue weighted by molar-refractivity contribution is 0.404. The fourth-order valence-corrected chi connectivity index (χ4v) is 1.85. The number of hydrogen-bond donors (Lipinski definition) is 1. The first-order chi connectivity index (χ1) is 7.50. The van der Waals surface area contributed by atoms with E-state index in [2.05, 4.69) is 43.2 Å². The number of hydrogen-bond acceptors (Lipinski definition) is 3. The zero-order valence-corrected chi connectivity index (χ0v) is 11.1. The van der Waals surface area contributed by atoms with Gasteiger partial charge in [-0.25, -0.2) is 0 Å². The van der Waals surface area contributed by atoms with E-state index in [0.29, 0.717) is 6.04 Å². The Morgan fingerprint density at radius 1 is 1.25 bits per heavy atom. The van der Waals surface area contributed by atoms with Crippen molar-refractivity contribution in [2.75, 3.05) is 0 Å². The summed E-state index contributed by atoms with van der Waals surface area (Å²) in [5.41, 5.74) is 0. The largest absolute Gasteiger partial charge is 0.319 e. The van der Waals surface area contributed by atoms with Gasteiger partial charge >= 0.3 is 0 Å². The molecule has 0 aromatic carbocycles. The third kappa shape index (κ3) is 3.93. The van der Waals surface area contributed by atoms with E-state index >= 15 is 0 Å². The summed E-state index contributed by atoms with van der Waals surface area (Å²) >= 11 is 0. The molecule has 1 rings (SSSR count). The van der Waals surface area contributed by atoms with E-state index in [4.69, 9.17) is 0 Å². The highest BCUT2D eigenvalue weighted by Gasteiger charge is 2.13. The second-order valence-corrected chi connectivity index (χ2v) is 5.06. The summed E-state index contributed by atoms with van der Waals surface area (Å²) in [5.74, 6) is 1.77. The van der Waals surface area contributed by atoms with Gasteiger partial charge in [-0.3, -0.25) is 0 Å². The van der Waals surface area contributed by atoms with Crippen molar-refractivity contribution < 1.29 is 0 Å². The zero-order valence-electron chi connectivity index (χ0n) is 11.1. The molecule has 1 N–H and O–H groups in total. The van der Waals surface area contributed by atoms with E-state index in [-0.39, 0.29) is 6.04 Å². The van der Waals surface area contributed by atoms with Crippen LogP contribution >= 0.6 is 0 Å². The number of nitrogens with one attached hydrogen (secondary N) is 1. The van der Waals surface area contributed by atoms with Crippen LogP contribution in [0.5, 0.6) is 0 Å². The van der Waals surface area contributed by atoms with Gasteiger partial charge in [0.15, 0.2) is 0 Å². The van der Waals surface area contributed by atoms with Crippen molar-refractivity contribution in [2.45, 2.75) is 52.6 Å². The Hall–Kier alpha value is -0.900. The third-order valence-electron chi connectivity index (χ3n) is 2.85. The van der Waals surface area contributed by atoms with E-state index in [9.17, 15) is 0 Å². The summed E-state index contributed by atoms with van der Waals surface area (Å²) in [5, 5.41) is 11.6. The van der Waals surface area contributed by atoms with Gasteiger partial charge in [-0.2, -0.15) is 0 Å². The van der Waals surface area contributed by atoms with E-state index in [0.717, 1.165) is 11.7 Å². The molecule has 1 aromatic rings. The molecule has 0 spiro atoms. The average Bonchev–Trinajstić information content (AvgIpc) is 2.61. The molecule has 92 valence electrons. The highest BCUT2D eigenvalue weighted by atomic mass is 15.3. The van der Waals surface area contributed by atoms with Crippen molar-refractivity contribution >= 4 is 0 Å². The maximum Gasteiger partial charge on any atom is 0.149 e. The van der Waals surface area contributed by atoms with Gasteiger partial charge in [0.25, 0.3) is 0 Å². The van der Waals surface area contributed by atoms with Crippen LogP contribution in [0.2, 0.25) is 0 Å². The monoisotopic (exact) mass is 224 g/mol. The Kier molecular flexibility index (Phi) is 4.93. The molecular formula is C12H24N4. The van der Waals surface area contributed by atoms with Crippen molar-refractivity contribution in [1.82, 2.24) is 20.1 Å². The third-order valence-corrected chi connectivity index (χ3v) is 2.85. The number of aryl methyl sites for hydroxylation is 1. The molecule has 0 aliphatic carbocycles. The van der Waals surface area contributed by atoms with E-state index < -0.39 is 0 Å². The van der Waals surface area contributed by atoms with Crippen molar-refractivity contribution in [2.24, 2.45) is 13.0 Å². The van der Waals surface area contributed by atoms with Crippen LogP contribution in [0.4, 0.5) is 0 Å². The molecule has 0 amide bonds. The summed E-state index contributed by atoms with van der Waals surface area (Å²) in [4.78, 5) is 0. The second-order valence-electron chi connectivity index (χ2n) is 5.06. The Balaban J connectivity index is 2.39. The molecule has 0 bridgehead atoms. The van der Waals surface area contributed by atoms with Gasteiger partial charge < -0.3 is 9.88 Å². The highest BCUT2D eigenvalue weighted by molar-refractivity contribution is 4.92. The van der Waals surface area contributed by atoms with Gasteiger partial charge in [0.1, 0.15) is 12.2 Å². The van der Waals surface area contributed by atoms with Gasteiger partial charge in [0, 0.05) is 13.1 Å². The number of nitrogens with zero attached hydrogens (tertiary/aromatic N) is 3. The van der Waals surface area contributed by atoms with Crippen LogP contribution in [0.3, 0.4) is 0 Å². The van der Waals surface area contributed by atoms with Crippen LogP contribution in [-0.4, -0.2) is 20.8 Å². The quantitative estimate of drug-likeness (QED) is 0.806. The molecule has 2 atom stereocenters. The standard InChI is InChI=1S/C12H24N4/c1-9(2)6-7-10(3)14-11(4)12-15-13-8-16(12)5/h8-11,14H,6-7H2,1-5H3. The van der Waals surface area contributed by atoms with Crippen LogP contribution in [0, 0.1) is 5.92 Å². The Morgan fingerprint density at radius 2 is 1.94 bits per heavy atom. The maximum atomic E-state index is 4.11. The predicted molar refractivity (Wildman–Crippen MR) is 66.1 cm³/mol. The van der Waals surface area contributed by atoms with Crippen LogP contribution < -0.4 is 5.32 Å². The fourth-order valence-electron chi connectivity index (χ4n) is 1.85. The molecule has 4 nitrogen and oxygen atoms in total. The lowest BCUT2D eigenvalue weighted by Crippen LogP contribution is -2.30. The normalized spacial score (nSPS) is 15.4. The Morgan fingerprint density at radius 3 is 2.44 bits per heavy atom. The minimum absolute atomic E-state index is 0.259. The summed E-state index contributed by atoms with van der Waals surface area (Å²) in [6, 6.07) is 0.781. The first-order valence-corrected chi connectivity index (χ1v) is 6.10. The topological polar surface area (TPSA) is 42.7 Å². The van der Waals surface area contributed by atoms with Crippen LogP contribution in [0.25, 0.3) is 0 Å². The summed E-state index contributed by atoms with van der Waals surface area (Å²) in [6.07, 6.45) is 4.21. The molecule has 0 saturated carbocycles. The van der Waals surface area contributed by atoms with Crippen molar-refractivity contribution in [1.29, 1.82) is 0 Å². The minimum Gasteiger partial charge on any atom is -0.319 e. The molecule has 0 fully saturated rings. The molecule has 16 heavy (non-hydrogen) atoms. The van der Waals surface area contributed by atoms with Crippen LogP contribution in [0.15, 0.2) is 6.33 Å². The van der Waals surface area contributed by atoms with Crippen molar-refractivity contribution in [3.63, 3.8) is 0 Å². The average molecular weight is 224 g/mol. The van der Waals surface area contributed by atoms with Crippen molar-refractivity contribution in [3.05, 3.63) is 12.2 Å². The zero-order chi connectivity index (χ0) is 12.1. The Bertz CT molecular complexity index is 306. The van der Waals surface area contributed by atoms with Gasteiger partial charge in [-0.1, -0.05) is 13.8 Å². The molecule has 0 aliphatic rings. The molecule has 2 unspecified atom stereocenters. The summed E-state index contributed by atoms with van der Waals surface area (Å²) < 4.78 is 1.97. The highest BCUT2D eigenvalue weighted by Crippen LogP contribution is 2.12. The first kappa shape index (κ1) is 13.2.